The minimum absolute atomic E-state index is 0.266. The van der Waals surface area contributed by atoms with Crippen LogP contribution in [0.3, 0.4) is 0 Å². The topological polar surface area (TPSA) is 88.0 Å². The predicted molar refractivity (Wildman–Crippen MR) is 87.0 cm³/mol. The van der Waals surface area contributed by atoms with Gasteiger partial charge in [0.15, 0.2) is 0 Å². The molecule has 3 atom stereocenters. The fourth-order valence-corrected chi connectivity index (χ4v) is 2.62. The van der Waals surface area contributed by atoms with E-state index >= 15 is 0 Å². The third kappa shape index (κ3) is 3.91. The van der Waals surface area contributed by atoms with E-state index in [0.29, 0.717) is 12.3 Å². The Bertz CT molecular complexity index is 691. The summed E-state index contributed by atoms with van der Waals surface area (Å²) in [5, 5.41) is 21.7. The number of para-hydroxylation sites is 1. The number of hydrogen-bond donors (Lipinski definition) is 3. The number of benzene rings is 2. The van der Waals surface area contributed by atoms with Crippen LogP contribution in [-0.2, 0) is 16.1 Å². The van der Waals surface area contributed by atoms with Crippen LogP contribution in [0.25, 0.3) is 0 Å². The van der Waals surface area contributed by atoms with Crippen LogP contribution in [0.2, 0.25) is 0 Å². The van der Waals surface area contributed by atoms with Crippen molar-refractivity contribution < 1.29 is 24.5 Å². The fraction of sp³-hybridized carbons (Fsp3) is 0.278. The Labute approximate surface area is 139 Å². The van der Waals surface area contributed by atoms with E-state index in [1.165, 1.54) is 0 Å². The van der Waals surface area contributed by atoms with E-state index < -0.39 is 24.2 Å². The molecule has 3 N–H and O–H groups in total. The first-order valence-electron chi connectivity index (χ1n) is 7.71. The van der Waals surface area contributed by atoms with E-state index in [4.69, 9.17) is 14.6 Å². The number of carbonyl (C=O) groups is 1. The van der Waals surface area contributed by atoms with Crippen molar-refractivity contribution >= 4 is 5.97 Å². The van der Waals surface area contributed by atoms with Crippen molar-refractivity contribution in [1.29, 1.82) is 0 Å². The molecule has 0 saturated carbocycles. The number of aliphatic hydroxyl groups excluding tert-OH is 1. The largest absolute Gasteiger partial charge is 0.480 e. The Balaban J connectivity index is 1.58. The van der Waals surface area contributed by atoms with Crippen molar-refractivity contribution in [3.8, 4) is 11.5 Å². The number of aliphatic hydroxyl groups is 1. The molecule has 1 heterocycles. The standard InChI is InChI=1S/C18H19NO5/c20-17-15(10-19-16(17)18(21)22)23-11-12-5-4-8-14(9-12)24-13-6-2-1-3-7-13/h1-9,15-17,19-20H,10-11H2,(H,21,22)/t15-,16+,17+/m0/s1. The van der Waals surface area contributed by atoms with Crippen LogP contribution in [0.1, 0.15) is 5.56 Å². The molecule has 1 aliphatic heterocycles. The molecule has 6 nitrogen and oxygen atoms in total. The SMILES string of the molecule is O=C(O)[C@@H]1NC[C@H](OCc2cccc(Oc3ccccc3)c2)[C@H]1O. The summed E-state index contributed by atoms with van der Waals surface area (Å²) in [5.41, 5.74) is 0.884. The lowest BCUT2D eigenvalue weighted by Gasteiger charge is -2.17. The van der Waals surface area contributed by atoms with E-state index in [9.17, 15) is 9.90 Å². The second kappa shape index (κ2) is 7.44. The van der Waals surface area contributed by atoms with Crippen molar-refractivity contribution in [3.05, 3.63) is 60.2 Å². The molecular formula is C18H19NO5. The van der Waals surface area contributed by atoms with Gasteiger partial charge in [0.05, 0.1) is 12.7 Å². The van der Waals surface area contributed by atoms with Crippen LogP contribution in [0.4, 0.5) is 0 Å². The zero-order chi connectivity index (χ0) is 16.9. The summed E-state index contributed by atoms with van der Waals surface area (Å²) in [4.78, 5) is 11.0. The van der Waals surface area contributed by atoms with Gasteiger partial charge in [0.2, 0.25) is 0 Å². The maximum absolute atomic E-state index is 11.0. The van der Waals surface area contributed by atoms with E-state index in [0.717, 1.165) is 11.3 Å². The molecule has 0 bridgehead atoms. The first kappa shape index (κ1) is 16.4. The van der Waals surface area contributed by atoms with Crippen LogP contribution in [0.5, 0.6) is 11.5 Å². The van der Waals surface area contributed by atoms with Gasteiger partial charge in [0.1, 0.15) is 23.6 Å². The van der Waals surface area contributed by atoms with Gasteiger partial charge < -0.3 is 19.7 Å². The average molecular weight is 329 g/mol. The van der Waals surface area contributed by atoms with Crippen molar-refractivity contribution in [3.63, 3.8) is 0 Å². The monoisotopic (exact) mass is 329 g/mol. The van der Waals surface area contributed by atoms with Gasteiger partial charge in [-0.25, -0.2) is 0 Å². The molecule has 0 unspecified atom stereocenters. The first-order valence-corrected chi connectivity index (χ1v) is 7.71. The summed E-state index contributed by atoms with van der Waals surface area (Å²) in [6.07, 6.45) is -1.61. The van der Waals surface area contributed by atoms with Gasteiger partial charge in [-0.2, -0.15) is 0 Å². The Morgan fingerprint density at radius 1 is 1.12 bits per heavy atom. The van der Waals surface area contributed by atoms with Gasteiger partial charge >= 0.3 is 5.97 Å². The Hall–Kier alpha value is -2.41. The summed E-state index contributed by atoms with van der Waals surface area (Å²) in [6.45, 7) is 0.570. The van der Waals surface area contributed by atoms with Gasteiger partial charge in [0, 0.05) is 6.54 Å². The quantitative estimate of drug-likeness (QED) is 0.749. The highest BCUT2D eigenvalue weighted by Gasteiger charge is 2.39. The van der Waals surface area contributed by atoms with E-state index in [1.54, 1.807) is 0 Å². The van der Waals surface area contributed by atoms with Crippen molar-refractivity contribution in [2.24, 2.45) is 0 Å². The summed E-state index contributed by atoms with van der Waals surface area (Å²) in [5.74, 6) is 0.359. The second-order valence-corrected chi connectivity index (χ2v) is 5.63. The zero-order valence-corrected chi connectivity index (χ0v) is 13.0. The number of rotatable bonds is 6. The van der Waals surface area contributed by atoms with Gasteiger partial charge in [-0.3, -0.25) is 10.1 Å². The molecule has 0 aliphatic carbocycles. The molecule has 0 spiro atoms. The molecule has 6 heteroatoms. The fourth-order valence-electron chi connectivity index (χ4n) is 2.62. The Kier molecular flexibility index (Phi) is 5.10. The van der Waals surface area contributed by atoms with Crippen LogP contribution in [-0.4, -0.2) is 41.0 Å². The van der Waals surface area contributed by atoms with Gasteiger partial charge in [-0.05, 0) is 29.8 Å². The third-order valence-corrected chi connectivity index (χ3v) is 3.87. The molecule has 1 fully saturated rings. The maximum atomic E-state index is 11.0. The first-order chi connectivity index (χ1) is 11.6. The zero-order valence-electron chi connectivity index (χ0n) is 13.0. The average Bonchev–Trinajstić information content (AvgIpc) is 2.95. The molecule has 1 saturated heterocycles. The molecule has 0 aromatic heterocycles. The normalized spacial score (nSPS) is 23.1. The second-order valence-electron chi connectivity index (χ2n) is 5.63. The molecule has 0 amide bonds. The summed E-state index contributed by atoms with van der Waals surface area (Å²) >= 11 is 0. The minimum atomic E-state index is -1.08. The smallest absolute Gasteiger partial charge is 0.323 e. The number of carboxylic acids is 1. The molecule has 1 aliphatic rings. The molecule has 2 aromatic carbocycles. The highest BCUT2D eigenvalue weighted by Crippen LogP contribution is 2.23. The summed E-state index contributed by atoms with van der Waals surface area (Å²) in [6, 6.07) is 15.9. The van der Waals surface area contributed by atoms with Crippen LogP contribution >= 0.6 is 0 Å². The molecule has 3 rings (SSSR count). The van der Waals surface area contributed by atoms with E-state index in [1.807, 2.05) is 54.6 Å². The molecule has 126 valence electrons. The lowest BCUT2D eigenvalue weighted by Crippen LogP contribution is -2.40. The maximum Gasteiger partial charge on any atom is 0.323 e. The Morgan fingerprint density at radius 3 is 2.58 bits per heavy atom. The van der Waals surface area contributed by atoms with Crippen LogP contribution < -0.4 is 10.1 Å². The summed E-state index contributed by atoms with van der Waals surface area (Å²) < 4.78 is 11.4. The van der Waals surface area contributed by atoms with Gasteiger partial charge in [0.25, 0.3) is 0 Å². The lowest BCUT2D eigenvalue weighted by atomic mass is 10.1. The molecule has 0 radical (unpaired) electrons. The van der Waals surface area contributed by atoms with Gasteiger partial charge in [-0.1, -0.05) is 30.3 Å². The highest BCUT2D eigenvalue weighted by molar-refractivity contribution is 5.74. The highest BCUT2D eigenvalue weighted by atomic mass is 16.5. The van der Waals surface area contributed by atoms with Crippen molar-refractivity contribution in [2.45, 2.75) is 24.9 Å². The molecule has 2 aromatic rings. The molecule has 24 heavy (non-hydrogen) atoms. The third-order valence-electron chi connectivity index (χ3n) is 3.87. The number of carboxylic acid groups (broad SMARTS) is 1. The van der Waals surface area contributed by atoms with Gasteiger partial charge in [-0.15, -0.1) is 0 Å². The number of nitrogens with one attached hydrogen (secondary N) is 1. The molecular weight excluding hydrogens is 310 g/mol. The predicted octanol–water partition coefficient (Wildman–Crippen LogP) is 1.78. The van der Waals surface area contributed by atoms with Crippen LogP contribution in [0.15, 0.2) is 54.6 Å². The lowest BCUT2D eigenvalue weighted by molar-refractivity contribution is -0.142. The minimum Gasteiger partial charge on any atom is -0.480 e. The van der Waals surface area contributed by atoms with Crippen molar-refractivity contribution in [2.75, 3.05) is 6.54 Å². The summed E-state index contributed by atoms with van der Waals surface area (Å²) in [7, 11) is 0. The number of aliphatic carboxylic acids is 1. The Morgan fingerprint density at radius 2 is 1.88 bits per heavy atom. The number of ether oxygens (including phenoxy) is 2. The van der Waals surface area contributed by atoms with Crippen molar-refractivity contribution in [1.82, 2.24) is 5.32 Å². The van der Waals surface area contributed by atoms with E-state index in [-0.39, 0.29) is 6.61 Å². The van der Waals surface area contributed by atoms with Crippen LogP contribution in [0, 0.1) is 0 Å². The number of hydrogen-bond acceptors (Lipinski definition) is 5. The van der Waals surface area contributed by atoms with E-state index in [2.05, 4.69) is 5.32 Å².